The van der Waals surface area contributed by atoms with Gasteiger partial charge in [0.05, 0.1) is 23.5 Å². The third-order valence-corrected chi connectivity index (χ3v) is 5.76. The monoisotopic (exact) mass is 416 g/mol. The second kappa shape index (κ2) is 8.08. The van der Waals surface area contributed by atoms with Crippen LogP contribution in [-0.4, -0.2) is 39.8 Å². The Morgan fingerprint density at radius 3 is 2.84 bits per heavy atom. The predicted octanol–water partition coefficient (Wildman–Crippen LogP) is 3.34. The second-order valence-electron chi connectivity index (χ2n) is 7.84. The van der Waals surface area contributed by atoms with Gasteiger partial charge < -0.3 is 10.2 Å². The Labute approximate surface area is 187 Å². The maximum absolute atomic E-state index is 9.17. The fourth-order valence-corrected chi connectivity index (χ4v) is 4.15. The molecule has 1 aliphatic rings. The van der Waals surface area contributed by atoms with Crippen molar-refractivity contribution in [3.05, 3.63) is 72.7 Å². The lowest BCUT2D eigenvalue weighted by molar-refractivity contribution is 0.461. The van der Waals surface area contributed by atoms with Crippen molar-refractivity contribution in [3.8, 4) is 40.7 Å². The molecule has 0 amide bonds. The van der Waals surface area contributed by atoms with E-state index in [0.29, 0.717) is 5.56 Å². The highest BCUT2D eigenvalue weighted by atomic mass is 15.2. The van der Waals surface area contributed by atoms with E-state index in [1.165, 1.54) is 0 Å². The molecule has 5 rings (SSSR count). The first-order chi connectivity index (χ1) is 15.7. The molecule has 6 heteroatoms. The average Bonchev–Trinajstić information content (AvgIpc) is 3.27. The molecule has 0 radical (unpaired) electrons. The largest absolute Gasteiger partial charge is 0.346 e. The summed E-state index contributed by atoms with van der Waals surface area (Å²) in [6.45, 7) is 3.79. The van der Waals surface area contributed by atoms with E-state index >= 15 is 0 Å². The molecule has 1 N–H and O–H groups in total. The Morgan fingerprint density at radius 1 is 1.16 bits per heavy atom. The summed E-state index contributed by atoms with van der Waals surface area (Å²) >= 11 is 0. The van der Waals surface area contributed by atoms with Gasteiger partial charge in [0.2, 0.25) is 0 Å². The number of nitrogens with one attached hydrogen (secondary N) is 1. The van der Waals surface area contributed by atoms with Gasteiger partial charge in [-0.15, -0.1) is 6.42 Å². The van der Waals surface area contributed by atoms with Crippen molar-refractivity contribution in [1.82, 2.24) is 19.9 Å². The molecule has 1 saturated heterocycles. The fourth-order valence-electron chi connectivity index (χ4n) is 4.15. The molecule has 1 aliphatic heterocycles. The van der Waals surface area contributed by atoms with Crippen molar-refractivity contribution in [2.75, 3.05) is 18.0 Å². The molecule has 4 aromatic rings. The number of hydrogen-bond donors (Lipinski definition) is 1. The summed E-state index contributed by atoms with van der Waals surface area (Å²) in [6.07, 6.45) is 11.2. The zero-order chi connectivity index (χ0) is 22.1. The van der Waals surface area contributed by atoms with E-state index < -0.39 is 0 Å². The van der Waals surface area contributed by atoms with Crippen molar-refractivity contribution in [2.24, 2.45) is 0 Å². The molecule has 0 saturated carbocycles. The van der Waals surface area contributed by atoms with Crippen LogP contribution in [0, 0.1) is 35.8 Å². The van der Waals surface area contributed by atoms with E-state index in [1.807, 2.05) is 42.7 Å². The summed E-state index contributed by atoms with van der Waals surface area (Å²) in [5.41, 5.74) is 5.85. The lowest BCUT2D eigenvalue weighted by Crippen LogP contribution is -2.56. The summed E-state index contributed by atoms with van der Waals surface area (Å²) in [6, 6.07) is 20.5. The van der Waals surface area contributed by atoms with Gasteiger partial charge in [0.1, 0.15) is 6.04 Å². The van der Waals surface area contributed by atoms with Gasteiger partial charge in [0.25, 0.3) is 0 Å². The van der Waals surface area contributed by atoms with Gasteiger partial charge in [0, 0.05) is 48.2 Å². The molecule has 0 aliphatic carbocycles. The minimum Gasteiger partial charge on any atom is -0.346 e. The number of nitriles is 1. The van der Waals surface area contributed by atoms with Gasteiger partial charge in [0.15, 0.2) is 5.65 Å². The van der Waals surface area contributed by atoms with Crippen molar-refractivity contribution in [2.45, 2.75) is 19.0 Å². The van der Waals surface area contributed by atoms with Crippen molar-refractivity contribution >= 4 is 11.3 Å². The summed E-state index contributed by atoms with van der Waals surface area (Å²) in [7, 11) is 0. The number of terminal acetylenes is 1. The average molecular weight is 416 g/mol. The van der Waals surface area contributed by atoms with Crippen molar-refractivity contribution < 1.29 is 0 Å². The minimum absolute atomic E-state index is 0.00528. The first-order valence-electron chi connectivity index (χ1n) is 10.4. The highest BCUT2D eigenvalue weighted by Gasteiger charge is 2.26. The second-order valence-corrected chi connectivity index (χ2v) is 7.84. The Hall–Kier alpha value is -4.31. The SMILES string of the molecule is C#C[C@@H]1CNC[C@H](C)N1c1c#cc(-c2cnc3c(-c4cccc(C#N)c4)cnn3c2)cc1. The van der Waals surface area contributed by atoms with Gasteiger partial charge in [-0.05, 0) is 42.8 Å². The highest BCUT2D eigenvalue weighted by molar-refractivity contribution is 5.78. The number of rotatable bonds is 3. The van der Waals surface area contributed by atoms with Crippen LogP contribution in [0.2, 0.25) is 0 Å². The fraction of sp³-hybridized carbons (Fsp3) is 0.192. The van der Waals surface area contributed by atoms with Crippen molar-refractivity contribution in [3.63, 3.8) is 0 Å². The molecule has 2 atom stereocenters. The molecule has 0 spiro atoms. The first-order valence-corrected chi connectivity index (χ1v) is 10.4. The van der Waals surface area contributed by atoms with E-state index in [2.05, 4.69) is 51.3 Å². The Bertz CT molecular complexity index is 1360. The molecule has 3 heterocycles. The van der Waals surface area contributed by atoms with Gasteiger partial charge >= 0.3 is 0 Å². The first kappa shape index (κ1) is 19.6. The number of piperazine rings is 1. The molecule has 2 aromatic heterocycles. The van der Waals surface area contributed by atoms with Gasteiger partial charge in [-0.2, -0.15) is 10.4 Å². The van der Waals surface area contributed by atoms with Crippen LogP contribution in [0.4, 0.5) is 5.69 Å². The lowest BCUT2D eigenvalue weighted by Gasteiger charge is -2.39. The van der Waals surface area contributed by atoms with Gasteiger partial charge in [-0.1, -0.05) is 24.1 Å². The van der Waals surface area contributed by atoms with Crippen LogP contribution < -0.4 is 10.2 Å². The molecule has 6 nitrogen and oxygen atoms in total. The van der Waals surface area contributed by atoms with E-state index in [4.69, 9.17) is 6.42 Å². The molecule has 32 heavy (non-hydrogen) atoms. The molecular weight excluding hydrogens is 396 g/mol. The van der Waals surface area contributed by atoms with E-state index in [-0.39, 0.29) is 12.1 Å². The van der Waals surface area contributed by atoms with E-state index in [9.17, 15) is 5.26 Å². The molecule has 1 fully saturated rings. The normalized spacial score (nSPS) is 18.0. The van der Waals surface area contributed by atoms with Gasteiger partial charge in [-0.25, -0.2) is 9.50 Å². The smallest absolute Gasteiger partial charge is 0.162 e. The minimum atomic E-state index is -0.00528. The molecular formula is C26H20N6. The number of anilines is 1. The quantitative estimate of drug-likeness (QED) is 0.519. The lowest BCUT2D eigenvalue weighted by atomic mass is 10.1. The molecule has 154 valence electrons. The zero-order valence-corrected chi connectivity index (χ0v) is 17.6. The number of nitrogens with zero attached hydrogens (tertiary/aromatic N) is 5. The third-order valence-electron chi connectivity index (χ3n) is 5.76. The maximum Gasteiger partial charge on any atom is 0.162 e. The summed E-state index contributed by atoms with van der Waals surface area (Å²) < 4.78 is 1.75. The Balaban J connectivity index is 1.45. The van der Waals surface area contributed by atoms with Crippen molar-refractivity contribution in [1.29, 1.82) is 5.26 Å². The van der Waals surface area contributed by atoms with Crippen LogP contribution in [-0.2, 0) is 0 Å². The van der Waals surface area contributed by atoms with Crippen LogP contribution in [0.1, 0.15) is 12.5 Å². The van der Waals surface area contributed by atoms with Crippen LogP contribution in [0.15, 0.2) is 55.0 Å². The summed E-state index contributed by atoms with van der Waals surface area (Å²) in [5, 5.41) is 17.0. The van der Waals surface area contributed by atoms with Crippen LogP contribution in [0.5, 0.6) is 0 Å². The zero-order valence-electron chi connectivity index (χ0n) is 17.6. The Kier molecular flexibility index (Phi) is 4.96. The summed E-state index contributed by atoms with van der Waals surface area (Å²) in [5.74, 6) is 2.86. The third kappa shape index (κ3) is 3.42. The molecule has 0 unspecified atom stereocenters. The van der Waals surface area contributed by atoms with Gasteiger partial charge in [-0.3, -0.25) is 0 Å². The predicted molar refractivity (Wildman–Crippen MR) is 124 cm³/mol. The highest BCUT2D eigenvalue weighted by Crippen LogP contribution is 2.27. The van der Waals surface area contributed by atoms with Crippen LogP contribution in [0.25, 0.3) is 27.9 Å². The topological polar surface area (TPSA) is 69.2 Å². The summed E-state index contributed by atoms with van der Waals surface area (Å²) in [4.78, 5) is 6.85. The van der Waals surface area contributed by atoms with Crippen LogP contribution >= 0.6 is 0 Å². The number of benzene rings is 1. The van der Waals surface area contributed by atoms with E-state index in [0.717, 1.165) is 46.7 Å². The number of hydrogen-bond acceptors (Lipinski definition) is 5. The number of aromatic nitrogens is 3. The standard InChI is InChI=1S/C26H20N6/c1-3-23-15-28-13-18(2)32(23)24-9-7-20(8-10-24)22-14-29-26-25(16-30-31(26)17-22)21-6-4-5-19(11-21)12-27/h1,4-7,9,11,14,16-18,23,28H,13,15H2,2H3/t18-,23+/m0/s1. The molecule has 2 aromatic carbocycles. The maximum atomic E-state index is 9.17. The molecule has 0 bridgehead atoms. The Morgan fingerprint density at radius 2 is 2.06 bits per heavy atom. The van der Waals surface area contributed by atoms with E-state index in [1.54, 1.807) is 16.8 Å². The van der Waals surface area contributed by atoms with Crippen LogP contribution in [0.3, 0.4) is 0 Å². The number of fused-ring (bicyclic) bond motifs is 1.